The molecule has 0 aliphatic rings. The quantitative estimate of drug-likeness (QED) is 0.513. The van der Waals surface area contributed by atoms with Crippen LogP contribution in [-0.4, -0.2) is 28.6 Å². The van der Waals surface area contributed by atoms with Crippen molar-refractivity contribution in [2.45, 2.75) is 33.7 Å². The number of carbonyl (C=O) groups is 1. The van der Waals surface area contributed by atoms with Crippen molar-refractivity contribution in [2.24, 2.45) is 5.41 Å². The molecule has 1 aromatic heterocycles. The number of hydrogen-bond donors (Lipinski definition) is 1. The van der Waals surface area contributed by atoms with Crippen LogP contribution in [0.5, 0.6) is 0 Å². The fourth-order valence-corrected chi connectivity index (χ4v) is 1.65. The average molecular weight is 316 g/mol. The van der Waals surface area contributed by atoms with Gasteiger partial charge in [0.1, 0.15) is 0 Å². The van der Waals surface area contributed by atoms with E-state index in [1.165, 1.54) is 6.08 Å². The van der Waals surface area contributed by atoms with Crippen LogP contribution in [0.2, 0.25) is 5.28 Å². The minimum absolute atomic E-state index is 0.0107. The molecule has 1 heterocycles. The summed E-state index contributed by atoms with van der Waals surface area (Å²) in [5.74, 6) is -1.07. The fraction of sp³-hybridized carbons (Fsp3) is 0.500. The molecule has 21 heavy (non-hydrogen) atoms. The van der Waals surface area contributed by atoms with Crippen LogP contribution in [0.25, 0.3) is 0 Å². The van der Waals surface area contributed by atoms with E-state index in [1.54, 1.807) is 13.0 Å². The number of carbonyl (C=O) groups excluding carboxylic acids is 1. The van der Waals surface area contributed by atoms with Gasteiger partial charge in [-0.1, -0.05) is 26.8 Å². The molecule has 0 saturated heterocycles. The Labute approximate surface area is 128 Å². The molecule has 0 bridgehead atoms. The third-order valence-corrected chi connectivity index (χ3v) is 2.83. The van der Waals surface area contributed by atoms with Gasteiger partial charge in [-0.3, -0.25) is 0 Å². The molecule has 0 radical (unpaired) electrons. The molecule has 0 fully saturated rings. The molecule has 1 aromatic rings. The van der Waals surface area contributed by atoms with Gasteiger partial charge < -0.3 is 10.1 Å². The molecule has 0 saturated carbocycles. The summed E-state index contributed by atoms with van der Waals surface area (Å²) >= 11 is 5.66. The lowest BCUT2D eigenvalue weighted by molar-refractivity contribution is -0.137. The second-order valence-corrected chi connectivity index (χ2v) is 5.77. The van der Waals surface area contributed by atoms with Gasteiger partial charge in [-0.25, -0.2) is 14.2 Å². The predicted octanol–water partition coefficient (Wildman–Crippen LogP) is 3.22. The van der Waals surface area contributed by atoms with Crippen LogP contribution >= 0.6 is 11.6 Å². The van der Waals surface area contributed by atoms with E-state index in [0.29, 0.717) is 6.61 Å². The fourth-order valence-electron chi connectivity index (χ4n) is 1.51. The molecule has 0 amide bonds. The molecule has 0 spiro atoms. The molecule has 5 nitrogen and oxygen atoms in total. The molecule has 116 valence electrons. The zero-order valence-electron chi connectivity index (χ0n) is 12.5. The molecule has 1 rings (SSSR count). The normalized spacial score (nSPS) is 13.2. The van der Waals surface area contributed by atoms with Gasteiger partial charge in [-0.2, -0.15) is 4.98 Å². The molecule has 0 aromatic carbocycles. The van der Waals surface area contributed by atoms with E-state index < -0.39 is 11.8 Å². The molecule has 0 aliphatic carbocycles. The molecule has 0 aliphatic heterocycles. The van der Waals surface area contributed by atoms with Gasteiger partial charge in [0, 0.05) is 6.08 Å². The summed E-state index contributed by atoms with van der Waals surface area (Å²) in [6.07, 6.45) is 3.92. The summed E-state index contributed by atoms with van der Waals surface area (Å²) in [5, 5.41) is 2.87. The van der Waals surface area contributed by atoms with Crippen LogP contribution in [0.4, 0.5) is 10.2 Å². The molecule has 0 unspecified atom stereocenters. The number of nitrogens with one attached hydrogen (secondary N) is 1. The van der Waals surface area contributed by atoms with E-state index in [2.05, 4.69) is 15.3 Å². The maximum atomic E-state index is 13.7. The van der Waals surface area contributed by atoms with Crippen LogP contribution in [0, 0.1) is 11.2 Å². The topological polar surface area (TPSA) is 64.1 Å². The van der Waals surface area contributed by atoms with E-state index in [-0.39, 0.29) is 22.6 Å². The zero-order valence-corrected chi connectivity index (χ0v) is 13.2. The maximum absolute atomic E-state index is 13.7. The Morgan fingerprint density at radius 1 is 1.57 bits per heavy atom. The Kier molecular flexibility index (Phi) is 6.08. The highest BCUT2D eigenvalue weighted by Crippen LogP contribution is 2.25. The number of rotatable bonds is 5. The Morgan fingerprint density at radius 3 is 2.81 bits per heavy atom. The van der Waals surface area contributed by atoms with E-state index in [1.807, 2.05) is 20.8 Å². The third kappa shape index (κ3) is 5.67. The van der Waals surface area contributed by atoms with Gasteiger partial charge in [0.25, 0.3) is 0 Å². The van der Waals surface area contributed by atoms with Crippen molar-refractivity contribution in [1.29, 1.82) is 0 Å². The third-order valence-electron chi connectivity index (χ3n) is 2.65. The minimum atomic E-state index is -0.613. The van der Waals surface area contributed by atoms with Crippen molar-refractivity contribution in [2.75, 3.05) is 11.9 Å². The van der Waals surface area contributed by atoms with Gasteiger partial charge in [-0.15, -0.1) is 0 Å². The number of hydrogen-bond acceptors (Lipinski definition) is 5. The number of ether oxygens (including phenoxy) is 1. The zero-order chi connectivity index (χ0) is 16.0. The molecule has 1 N–H and O–H groups in total. The molecule has 7 heteroatoms. The van der Waals surface area contributed by atoms with E-state index >= 15 is 0 Å². The Bertz CT molecular complexity index is 529. The highest BCUT2D eigenvalue weighted by Gasteiger charge is 2.24. The average Bonchev–Trinajstić information content (AvgIpc) is 2.37. The van der Waals surface area contributed by atoms with Crippen molar-refractivity contribution in [1.82, 2.24) is 9.97 Å². The maximum Gasteiger partial charge on any atom is 0.330 e. The first kappa shape index (κ1) is 17.4. The summed E-state index contributed by atoms with van der Waals surface area (Å²) in [7, 11) is 0. The Balaban J connectivity index is 2.94. The van der Waals surface area contributed by atoms with E-state index in [9.17, 15) is 9.18 Å². The van der Waals surface area contributed by atoms with E-state index in [0.717, 1.165) is 6.20 Å². The monoisotopic (exact) mass is 315 g/mol. The van der Waals surface area contributed by atoms with Crippen molar-refractivity contribution in [3.8, 4) is 0 Å². The summed E-state index contributed by atoms with van der Waals surface area (Å²) in [5.41, 5.74) is -0.285. The van der Waals surface area contributed by atoms with Gasteiger partial charge in [0.05, 0.1) is 18.8 Å². The van der Waals surface area contributed by atoms with Crippen molar-refractivity contribution in [3.05, 3.63) is 29.4 Å². The van der Waals surface area contributed by atoms with Gasteiger partial charge in [0.15, 0.2) is 11.6 Å². The highest BCUT2D eigenvalue weighted by atomic mass is 35.5. The highest BCUT2D eigenvalue weighted by molar-refractivity contribution is 6.28. The van der Waals surface area contributed by atoms with Crippen molar-refractivity contribution >= 4 is 23.4 Å². The van der Waals surface area contributed by atoms with Crippen LogP contribution in [-0.2, 0) is 9.53 Å². The predicted molar refractivity (Wildman–Crippen MR) is 79.6 cm³/mol. The molecular formula is C14H19ClFN3O2. The van der Waals surface area contributed by atoms with Crippen LogP contribution in [0.15, 0.2) is 18.3 Å². The second kappa shape index (κ2) is 7.36. The van der Waals surface area contributed by atoms with Gasteiger partial charge >= 0.3 is 5.97 Å². The standard InChI is InChI=1S/C14H19ClFN3O2/c1-5-21-11(20)7-6-10(14(2,3)4)18-12-9(16)8-17-13(15)19-12/h6-8,10H,5H2,1-4H3,(H,17,18,19)/t10-/m1/s1. The molecular weight excluding hydrogens is 297 g/mol. The number of esters is 1. The first-order chi connectivity index (χ1) is 9.74. The van der Waals surface area contributed by atoms with Crippen LogP contribution in [0.1, 0.15) is 27.7 Å². The summed E-state index contributed by atoms with van der Waals surface area (Å²) in [6, 6.07) is -0.345. The largest absolute Gasteiger partial charge is 0.463 e. The summed E-state index contributed by atoms with van der Waals surface area (Å²) < 4.78 is 18.5. The second-order valence-electron chi connectivity index (χ2n) is 5.43. The van der Waals surface area contributed by atoms with Gasteiger partial charge in [0.2, 0.25) is 5.28 Å². The number of aromatic nitrogens is 2. The first-order valence-corrected chi connectivity index (χ1v) is 6.91. The van der Waals surface area contributed by atoms with Crippen molar-refractivity contribution in [3.63, 3.8) is 0 Å². The van der Waals surface area contributed by atoms with Crippen molar-refractivity contribution < 1.29 is 13.9 Å². The number of halogens is 2. The lowest BCUT2D eigenvalue weighted by Gasteiger charge is -2.29. The number of anilines is 1. The van der Waals surface area contributed by atoms with Crippen LogP contribution in [0.3, 0.4) is 0 Å². The Morgan fingerprint density at radius 2 is 2.24 bits per heavy atom. The lowest BCUT2D eigenvalue weighted by atomic mass is 9.86. The van der Waals surface area contributed by atoms with Gasteiger partial charge in [-0.05, 0) is 23.9 Å². The summed E-state index contributed by atoms with van der Waals surface area (Å²) in [4.78, 5) is 18.8. The summed E-state index contributed by atoms with van der Waals surface area (Å²) in [6.45, 7) is 7.86. The number of nitrogens with zero attached hydrogens (tertiary/aromatic N) is 2. The van der Waals surface area contributed by atoms with E-state index in [4.69, 9.17) is 16.3 Å². The SMILES string of the molecule is CCOC(=O)C=C[C@@H](Nc1nc(Cl)ncc1F)C(C)(C)C. The Hall–Kier alpha value is -1.69. The lowest BCUT2D eigenvalue weighted by Crippen LogP contribution is -2.33. The minimum Gasteiger partial charge on any atom is -0.463 e. The van der Waals surface area contributed by atoms with Crippen LogP contribution < -0.4 is 5.32 Å². The first-order valence-electron chi connectivity index (χ1n) is 6.53. The molecule has 1 atom stereocenters. The smallest absolute Gasteiger partial charge is 0.330 e.